The molecule has 0 fully saturated rings. The van der Waals surface area contributed by atoms with Crippen LogP contribution in [0.1, 0.15) is 20.8 Å². The quantitative estimate of drug-likeness (QED) is 0.616. The minimum absolute atomic E-state index is 0.0676. The second-order valence-electron chi connectivity index (χ2n) is 2.83. The topological polar surface area (TPSA) is 31.6 Å². The van der Waals surface area contributed by atoms with E-state index in [0.717, 1.165) is 0 Å². The minimum atomic E-state index is -0.0676. The standard InChI is InChI=1S/C4H11N2PS2/c1-4(2,3)7-5-8-6-9-7/h5-6H,1-3H3. The van der Waals surface area contributed by atoms with Crippen LogP contribution in [0.25, 0.3) is 0 Å². The SMILES string of the molecule is CC(C)(C)p1[nH]s[nH]s1. The molecule has 1 heterocycles. The molecular weight excluding hydrogens is 171 g/mol. The third-order valence-electron chi connectivity index (χ3n) is 0.908. The van der Waals surface area contributed by atoms with Crippen molar-refractivity contribution in [1.29, 1.82) is 0 Å². The fourth-order valence-electron chi connectivity index (χ4n) is 0.408. The first kappa shape index (κ1) is 7.45. The predicted octanol–water partition coefficient (Wildman–Crippen LogP) is 3.33. The molecule has 0 amide bonds. The number of rotatable bonds is 0. The number of H-pyrrole nitrogens is 2. The third kappa shape index (κ3) is 1.88. The predicted molar refractivity (Wildman–Crippen MR) is 46.2 cm³/mol. The summed E-state index contributed by atoms with van der Waals surface area (Å²) in [6, 6.07) is 0. The third-order valence-corrected chi connectivity index (χ3v) is 7.50. The molecule has 1 aromatic rings. The van der Waals surface area contributed by atoms with Gasteiger partial charge in [0.15, 0.2) is 0 Å². The van der Waals surface area contributed by atoms with Crippen molar-refractivity contribution in [2.24, 2.45) is 0 Å². The van der Waals surface area contributed by atoms with Crippen LogP contribution in [0.4, 0.5) is 0 Å². The largest absolute Gasteiger partial charge is 0.277 e. The minimum Gasteiger partial charge on any atom is -0.277 e. The molecular formula is C4H11N2PS2. The van der Waals surface area contributed by atoms with Crippen molar-refractivity contribution >= 4 is 29.7 Å². The molecule has 0 aliphatic carbocycles. The van der Waals surface area contributed by atoms with Crippen molar-refractivity contribution < 1.29 is 0 Å². The van der Waals surface area contributed by atoms with Crippen molar-refractivity contribution in [3.8, 4) is 0 Å². The van der Waals surface area contributed by atoms with Crippen LogP contribution in [0.2, 0.25) is 0 Å². The molecule has 54 valence electrons. The van der Waals surface area contributed by atoms with Gasteiger partial charge in [0.1, 0.15) is 0 Å². The van der Waals surface area contributed by atoms with Gasteiger partial charge in [0.2, 0.25) is 0 Å². The zero-order valence-electron chi connectivity index (χ0n) is 5.76. The summed E-state index contributed by atoms with van der Waals surface area (Å²) in [6.45, 7) is 6.70. The molecule has 5 heteroatoms. The average molecular weight is 182 g/mol. The van der Waals surface area contributed by atoms with E-state index in [1.54, 1.807) is 11.7 Å². The molecule has 0 aliphatic heterocycles. The van der Waals surface area contributed by atoms with Crippen LogP contribution in [0.3, 0.4) is 0 Å². The van der Waals surface area contributed by atoms with Gasteiger partial charge in [-0.1, -0.05) is 20.8 Å². The number of hydrogen-bond acceptors (Lipinski definition) is 2. The van der Waals surface area contributed by atoms with Crippen LogP contribution in [-0.2, 0) is 5.16 Å². The van der Waals surface area contributed by atoms with E-state index in [1.165, 1.54) is 0 Å². The number of hydrogen-bond donors (Lipinski definition) is 2. The zero-order chi connectivity index (χ0) is 6.91. The molecule has 1 unspecified atom stereocenters. The molecule has 2 N–H and O–H groups in total. The van der Waals surface area contributed by atoms with Crippen molar-refractivity contribution in [1.82, 2.24) is 7.90 Å². The highest BCUT2D eigenvalue weighted by Gasteiger charge is 2.14. The van der Waals surface area contributed by atoms with Gasteiger partial charge in [0.25, 0.3) is 0 Å². The van der Waals surface area contributed by atoms with E-state index in [4.69, 9.17) is 0 Å². The Bertz CT molecular complexity index is 179. The highest BCUT2D eigenvalue weighted by Crippen LogP contribution is 2.44. The van der Waals surface area contributed by atoms with Crippen molar-refractivity contribution in [2.75, 3.05) is 0 Å². The van der Waals surface area contributed by atoms with Gasteiger partial charge < -0.3 is 0 Å². The van der Waals surface area contributed by atoms with Crippen LogP contribution in [0, 0.1) is 0 Å². The van der Waals surface area contributed by atoms with Gasteiger partial charge in [0, 0.05) is 23.8 Å². The molecule has 0 saturated carbocycles. The molecule has 9 heavy (non-hydrogen) atoms. The second-order valence-corrected chi connectivity index (χ2v) is 8.19. The Balaban J connectivity index is 2.90. The lowest BCUT2D eigenvalue weighted by Gasteiger charge is -2.13. The molecule has 2 nitrogen and oxygen atoms in total. The van der Waals surface area contributed by atoms with E-state index in [-0.39, 0.29) is 6.87 Å². The maximum Gasteiger partial charge on any atom is 0.0369 e. The Morgan fingerprint density at radius 2 is 2.00 bits per heavy atom. The second kappa shape index (κ2) is 2.52. The van der Waals surface area contributed by atoms with Gasteiger partial charge in [-0.2, -0.15) is 0 Å². The van der Waals surface area contributed by atoms with Gasteiger partial charge in [-0.3, -0.25) is 4.14 Å². The maximum absolute atomic E-state index is 3.33. The summed E-state index contributed by atoms with van der Waals surface area (Å²) in [6.07, 6.45) is 0. The average Bonchev–Trinajstić information content (AvgIpc) is 2.08. The lowest BCUT2D eigenvalue weighted by atomic mass is 10.3. The summed E-state index contributed by atoms with van der Waals surface area (Å²) in [5.41, 5.74) is 0. The first-order valence-electron chi connectivity index (χ1n) is 2.74. The smallest absolute Gasteiger partial charge is 0.0369 e. The van der Waals surface area contributed by atoms with Gasteiger partial charge in [-0.15, -0.1) is 0 Å². The monoisotopic (exact) mass is 182 g/mol. The Labute approximate surface area is 63.9 Å². The van der Waals surface area contributed by atoms with Crippen LogP contribution in [-0.4, -0.2) is 7.90 Å². The van der Waals surface area contributed by atoms with Gasteiger partial charge in [-0.25, -0.2) is 3.76 Å². The molecule has 0 spiro atoms. The van der Waals surface area contributed by atoms with E-state index in [9.17, 15) is 0 Å². The van der Waals surface area contributed by atoms with Crippen LogP contribution in [0.15, 0.2) is 0 Å². The summed E-state index contributed by atoms with van der Waals surface area (Å²) in [7, 11) is 0. The highest BCUT2D eigenvalue weighted by atomic mass is 32.6. The maximum atomic E-state index is 3.33. The van der Waals surface area contributed by atoms with E-state index >= 15 is 0 Å². The number of aromatic nitrogens is 2. The van der Waals surface area contributed by atoms with Crippen molar-refractivity contribution in [3.63, 3.8) is 0 Å². The Kier molecular flexibility index (Phi) is 2.09. The molecule has 0 saturated heterocycles. The highest BCUT2D eigenvalue weighted by molar-refractivity contribution is 7.90. The first-order chi connectivity index (χ1) is 4.11. The van der Waals surface area contributed by atoms with Crippen LogP contribution < -0.4 is 0 Å². The van der Waals surface area contributed by atoms with Gasteiger partial charge >= 0.3 is 0 Å². The van der Waals surface area contributed by atoms with E-state index in [2.05, 4.69) is 28.7 Å². The summed E-state index contributed by atoms with van der Waals surface area (Å²) >= 11 is 3.42. The van der Waals surface area contributed by atoms with Gasteiger partial charge in [-0.05, 0) is 11.1 Å². The first-order valence-corrected chi connectivity index (χ1v) is 6.32. The fraction of sp³-hybridized carbons (Fsp3) is 1.00. The Hall–Kier alpha value is 0.340. The molecule has 0 radical (unpaired) electrons. The number of aromatic amines is 2. The van der Waals surface area contributed by atoms with Crippen LogP contribution in [0.5, 0.6) is 0 Å². The molecule has 0 bridgehead atoms. The van der Waals surface area contributed by atoms with Crippen molar-refractivity contribution in [2.45, 2.75) is 25.9 Å². The zero-order valence-corrected chi connectivity index (χ0v) is 8.29. The summed E-state index contributed by atoms with van der Waals surface area (Å²) in [5.74, 6) is 0. The summed E-state index contributed by atoms with van der Waals surface area (Å²) < 4.78 is 6.46. The van der Waals surface area contributed by atoms with Crippen molar-refractivity contribution in [3.05, 3.63) is 0 Å². The van der Waals surface area contributed by atoms with E-state index in [0.29, 0.717) is 5.16 Å². The molecule has 1 rings (SSSR count). The number of nitrogens with one attached hydrogen (secondary N) is 2. The van der Waals surface area contributed by atoms with E-state index in [1.807, 2.05) is 11.1 Å². The van der Waals surface area contributed by atoms with Crippen LogP contribution >= 0.6 is 29.7 Å². The fourth-order valence-corrected chi connectivity index (χ4v) is 5.69. The molecule has 0 aliphatic rings. The molecule has 1 atom stereocenters. The Morgan fingerprint density at radius 1 is 1.33 bits per heavy atom. The van der Waals surface area contributed by atoms with Gasteiger partial charge in [0.05, 0.1) is 0 Å². The Morgan fingerprint density at radius 3 is 2.22 bits per heavy atom. The molecule has 0 aromatic carbocycles. The summed E-state index contributed by atoms with van der Waals surface area (Å²) in [4.78, 5) is 0. The summed E-state index contributed by atoms with van der Waals surface area (Å²) in [5, 5.41) is 0.413. The molecule has 1 aromatic heterocycles. The lowest BCUT2D eigenvalue weighted by molar-refractivity contribution is 0.719. The van der Waals surface area contributed by atoms with E-state index < -0.39 is 0 Å². The lowest BCUT2D eigenvalue weighted by Crippen LogP contribution is -1.98. The normalized spacial score (nSPS) is 13.9.